The molecule has 1 heterocycles. The summed E-state index contributed by atoms with van der Waals surface area (Å²) < 4.78 is 5.00. The molecular weight excluding hydrogens is 266 g/mol. The summed E-state index contributed by atoms with van der Waals surface area (Å²) in [6.45, 7) is 1.28. The maximum absolute atomic E-state index is 12.4. The van der Waals surface area contributed by atoms with Crippen molar-refractivity contribution in [1.82, 2.24) is 4.98 Å². The topological polar surface area (TPSA) is 56.3 Å². The molecule has 0 amide bonds. The summed E-state index contributed by atoms with van der Waals surface area (Å²) >= 11 is 5.89. The molecule has 4 nitrogen and oxygen atoms in total. The number of hydrogen-bond acceptors (Lipinski definition) is 4. The molecule has 0 aliphatic heterocycles. The fourth-order valence-electron chi connectivity index (χ4n) is 1.60. The van der Waals surface area contributed by atoms with Crippen LogP contribution in [0.4, 0.5) is 0 Å². The Balaban J connectivity index is 2.45. The lowest BCUT2D eigenvalue weighted by Gasteiger charge is -2.08. The van der Waals surface area contributed by atoms with Crippen molar-refractivity contribution in [2.45, 2.75) is 6.92 Å². The van der Waals surface area contributed by atoms with Crippen LogP contribution >= 0.6 is 11.6 Å². The van der Waals surface area contributed by atoms with E-state index in [1.54, 1.807) is 36.4 Å². The van der Waals surface area contributed by atoms with Gasteiger partial charge in [0, 0.05) is 13.1 Å². The van der Waals surface area contributed by atoms with Gasteiger partial charge < -0.3 is 4.74 Å². The molecule has 0 N–H and O–H groups in total. The van der Waals surface area contributed by atoms with Crippen LogP contribution in [0, 0.1) is 0 Å². The van der Waals surface area contributed by atoms with Gasteiger partial charge in [0.1, 0.15) is 10.9 Å². The van der Waals surface area contributed by atoms with Crippen molar-refractivity contribution in [2.24, 2.45) is 0 Å². The molecule has 96 valence electrons. The SMILES string of the molecule is CC(=O)Oc1ccccc1C(=O)c1cccnc1Cl. The molecule has 0 atom stereocenters. The summed E-state index contributed by atoms with van der Waals surface area (Å²) in [7, 11) is 0. The number of carbonyl (C=O) groups excluding carboxylic acids is 2. The highest BCUT2D eigenvalue weighted by Gasteiger charge is 2.18. The normalized spacial score (nSPS) is 10.0. The van der Waals surface area contributed by atoms with Gasteiger partial charge >= 0.3 is 5.97 Å². The second kappa shape index (κ2) is 5.63. The van der Waals surface area contributed by atoms with Gasteiger partial charge in [0.25, 0.3) is 0 Å². The van der Waals surface area contributed by atoms with Crippen molar-refractivity contribution in [3.05, 3.63) is 58.9 Å². The molecule has 2 rings (SSSR count). The third kappa shape index (κ3) is 2.98. The molecule has 0 aliphatic carbocycles. The van der Waals surface area contributed by atoms with Gasteiger partial charge in [-0.3, -0.25) is 9.59 Å². The molecule has 0 saturated heterocycles. The zero-order chi connectivity index (χ0) is 13.8. The molecule has 0 saturated carbocycles. The number of rotatable bonds is 3. The Hall–Kier alpha value is -2.20. The summed E-state index contributed by atoms with van der Waals surface area (Å²) in [5, 5.41) is 0.116. The van der Waals surface area contributed by atoms with Crippen molar-refractivity contribution in [3.63, 3.8) is 0 Å². The van der Waals surface area contributed by atoms with Gasteiger partial charge in [0.2, 0.25) is 0 Å². The van der Waals surface area contributed by atoms with Crippen LogP contribution in [0.25, 0.3) is 0 Å². The Morgan fingerprint density at radius 1 is 1.11 bits per heavy atom. The van der Waals surface area contributed by atoms with Gasteiger partial charge in [0.05, 0.1) is 11.1 Å². The highest BCUT2D eigenvalue weighted by Crippen LogP contribution is 2.24. The Bertz CT molecular complexity index is 640. The summed E-state index contributed by atoms with van der Waals surface area (Å²) in [5.41, 5.74) is 0.538. The molecule has 1 aromatic heterocycles. The number of pyridine rings is 1. The van der Waals surface area contributed by atoms with Crippen molar-refractivity contribution in [2.75, 3.05) is 0 Å². The highest BCUT2D eigenvalue weighted by atomic mass is 35.5. The second-order valence-electron chi connectivity index (χ2n) is 3.76. The summed E-state index contributed by atoms with van der Waals surface area (Å²) in [6.07, 6.45) is 1.50. The number of benzene rings is 1. The van der Waals surface area contributed by atoms with E-state index >= 15 is 0 Å². The van der Waals surface area contributed by atoms with Gasteiger partial charge in [-0.05, 0) is 24.3 Å². The molecule has 19 heavy (non-hydrogen) atoms. The smallest absolute Gasteiger partial charge is 0.308 e. The van der Waals surface area contributed by atoms with Gasteiger partial charge in [-0.25, -0.2) is 4.98 Å². The summed E-state index contributed by atoms with van der Waals surface area (Å²) in [5.74, 6) is -0.618. The van der Waals surface area contributed by atoms with E-state index in [0.717, 1.165) is 0 Å². The van der Waals surface area contributed by atoms with Crippen molar-refractivity contribution in [1.29, 1.82) is 0 Å². The first-order valence-corrected chi connectivity index (χ1v) is 5.90. The standard InChI is InChI=1S/C14H10ClNO3/c1-9(17)19-12-7-3-2-5-10(12)13(18)11-6-4-8-16-14(11)15/h2-8H,1H3. The minimum absolute atomic E-state index is 0.116. The van der Waals surface area contributed by atoms with Crippen LogP contribution in [0.1, 0.15) is 22.8 Å². The third-order valence-electron chi connectivity index (χ3n) is 2.39. The number of ether oxygens (including phenoxy) is 1. The monoisotopic (exact) mass is 275 g/mol. The van der Waals surface area contributed by atoms with Crippen LogP contribution < -0.4 is 4.74 Å². The van der Waals surface area contributed by atoms with Crippen molar-refractivity contribution < 1.29 is 14.3 Å². The first-order chi connectivity index (χ1) is 9.09. The first kappa shape index (κ1) is 13.2. The Morgan fingerprint density at radius 2 is 1.79 bits per heavy atom. The molecule has 1 aromatic carbocycles. The number of carbonyl (C=O) groups is 2. The lowest BCUT2D eigenvalue weighted by atomic mass is 10.0. The van der Waals surface area contributed by atoms with E-state index in [2.05, 4.69) is 4.98 Å². The molecule has 0 fully saturated rings. The maximum Gasteiger partial charge on any atom is 0.308 e. The zero-order valence-corrected chi connectivity index (χ0v) is 10.8. The maximum atomic E-state index is 12.4. The fraction of sp³-hybridized carbons (Fsp3) is 0.0714. The van der Waals surface area contributed by atoms with Crippen molar-refractivity contribution in [3.8, 4) is 5.75 Å². The van der Waals surface area contributed by atoms with Gasteiger partial charge in [-0.15, -0.1) is 0 Å². The lowest BCUT2D eigenvalue weighted by Crippen LogP contribution is -2.09. The number of ketones is 1. The van der Waals surface area contributed by atoms with Crippen LogP contribution in [-0.2, 0) is 4.79 Å². The van der Waals surface area contributed by atoms with E-state index < -0.39 is 5.97 Å². The van der Waals surface area contributed by atoms with E-state index in [0.29, 0.717) is 0 Å². The number of esters is 1. The van der Waals surface area contributed by atoms with E-state index in [4.69, 9.17) is 16.3 Å². The molecule has 0 bridgehead atoms. The fourth-order valence-corrected chi connectivity index (χ4v) is 1.80. The number of aromatic nitrogens is 1. The van der Waals surface area contributed by atoms with Gasteiger partial charge in [-0.2, -0.15) is 0 Å². The zero-order valence-electron chi connectivity index (χ0n) is 10.1. The average molecular weight is 276 g/mol. The van der Waals surface area contributed by atoms with E-state index in [1.165, 1.54) is 13.1 Å². The molecule has 0 radical (unpaired) electrons. The van der Waals surface area contributed by atoms with Crippen LogP contribution in [0.15, 0.2) is 42.6 Å². The molecule has 0 spiro atoms. The number of halogens is 1. The van der Waals surface area contributed by atoms with Crippen LogP contribution in [0.5, 0.6) is 5.75 Å². The largest absolute Gasteiger partial charge is 0.426 e. The predicted octanol–water partition coefficient (Wildman–Crippen LogP) is 2.89. The quantitative estimate of drug-likeness (QED) is 0.374. The number of hydrogen-bond donors (Lipinski definition) is 0. The van der Waals surface area contributed by atoms with E-state index in [-0.39, 0.29) is 27.8 Å². The Morgan fingerprint density at radius 3 is 2.47 bits per heavy atom. The minimum atomic E-state index is -0.488. The Labute approximate surface area is 115 Å². The number of nitrogens with zero attached hydrogens (tertiary/aromatic N) is 1. The first-order valence-electron chi connectivity index (χ1n) is 5.52. The lowest BCUT2D eigenvalue weighted by molar-refractivity contribution is -0.131. The molecular formula is C14H10ClNO3. The average Bonchev–Trinajstić information content (AvgIpc) is 2.38. The molecule has 0 aliphatic rings. The molecule has 2 aromatic rings. The third-order valence-corrected chi connectivity index (χ3v) is 2.69. The van der Waals surface area contributed by atoms with E-state index in [9.17, 15) is 9.59 Å². The minimum Gasteiger partial charge on any atom is -0.426 e. The predicted molar refractivity (Wildman–Crippen MR) is 70.4 cm³/mol. The van der Waals surface area contributed by atoms with E-state index in [1.807, 2.05) is 0 Å². The van der Waals surface area contributed by atoms with Gasteiger partial charge in [-0.1, -0.05) is 23.7 Å². The molecule has 5 heteroatoms. The Kier molecular flexibility index (Phi) is 3.92. The van der Waals surface area contributed by atoms with Gasteiger partial charge in [0.15, 0.2) is 5.78 Å². The summed E-state index contributed by atoms with van der Waals surface area (Å²) in [4.78, 5) is 27.2. The second-order valence-corrected chi connectivity index (χ2v) is 4.12. The van der Waals surface area contributed by atoms with Crippen LogP contribution in [-0.4, -0.2) is 16.7 Å². The summed E-state index contributed by atoms with van der Waals surface area (Å²) in [6, 6.07) is 9.68. The van der Waals surface area contributed by atoms with Crippen LogP contribution in [0.3, 0.4) is 0 Å². The van der Waals surface area contributed by atoms with Crippen molar-refractivity contribution >= 4 is 23.4 Å². The molecule has 0 unspecified atom stereocenters. The van der Waals surface area contributed by atoms with Crippen LogP contribution in [0.2, 0.25) is 5.15 Å². The highest BCUT2D eigenvalue weighted by molar-refractivity contribution is 6.34. The number of para-hydroxylation sites is 1.